The first-order valence-corrected chi connectivity index (χ1v) is 22.6. The molecule has 0 aliphatic heterocycles. The average Bonchev–Trinajstić information content (AvgIpc) is 3.10. The fraction of sp³-hybridized carbons (Fsp3) is 0.950. The van der Waals surface area contributed by atoms with Gasteiger partial charge >= 0.3 is 19.8 Å². The molecule has 0 rings (SSSR count). The van der Waals surface area contributed by atoms with Crippen LogP contribution in [0.3, 0.4) is 0 Å². The predicted molar refractivity (Wildman–Crippen MR) is 208 cm³/mol. The third-order valence-electron chi connectivity index (χ3n) is 9.39. The van der Waals surface area contributed by atoms with Crippen LogP contribution in [0.1, 0.15) is 206 Å². The quantitative estimate of drug-likeness (QED) is 0.0312. The molecule has 11 heteroatoms. The molecule has 0 fully saturated rings. The van der Waals surface area contributed by atoms with Crippen molar-refractivity contribution < 1.29 is 42.7 Å². The maximum absolute atomic E-state index is 12.5. The van der Waals surface area contributed by atoms with Crippen LogP contribution in [0, 0.1) is 0 Å². The first-order chi connectivity index (χ1) is 24.7. The fourth-order valence-electron chi connectivity index (χ4n) is 6.08. The van der Waals surface area contributed by atoms with E-state index in [9.17, 15) is 19.0 Å². The van der Waals surface area contributed by atoms with Gasteiger partial charge in [0.05, 0.1) is 19.8 Å². The molecule has 0 aliphatic rings. The molecule has 0 aliphatic carbocycles. The van der Waals surface area contributed by atoms with Crippen molar-refractivity contribution in [1.82, 2.24) is 0 Å². The number of ether oxygens (including phenoxy) is 2. The molecule has 0 saturated heterocycles. The number of nitrogens with two attached hydrogens (primary N) is 1. The number of phosphoric ester groups is 1. The normalized spacial score (nSPS) is 14.0. The topological polar surface area (TPSA) is 155 Å². The summed E-state index contributed by atoms with van der Waals surface area (Å²) in [5.41, 5.74) is 5.34. The van der Waals surface area contributed by atoms with Gasteiger partial charge in [-0.2, -0.15) is 0 Å². The van der Waals surface area contributed by atoms with Crippen LogP contribution in [0.25, 0.3) is 0 Å². The van der Waals surface area contributed by atoms with E-state index in [1.165, 1.54) is 148 Å². The van der Waals surface area contributed by atoms with Crippen molar-refractivity contribution in [3.8, 4) is 0 Å². The molecule has 0 spiro atoms. The van der Waals surface area contributed by atoms with Gasteiger partial charge in [0, 0.05) is 13.0 Å². The molecule has 0 aromatic rings. The van der Waals surface area contributed by atoms with E-state index in [2.05, 4.69) is 13.8 Å². The number of carbonyl (C=O) groups is 2. The average molecular weight is 750 g/mol. The Kier molecular flexibility index (Phi) is 36.5. The third kappa shape index (κ3) is 37.1. The summed E-state index contributed by atoms with van der Waals surface area (Å²) >= 11 is 0. The van der Waals surface area contributed by atoms with Crippen LogP contribution in [-0.4, -0.2) is 60.5 Å². The van der Waals surface area contributed by atoms with Gasteiger partial charge in [0.2, 0.25) is 0 Å². The van der Waals surface area contributed by atoms with Gasteiger partial charge in [-0.25, -0.2) is 4.57 Å². The number of rotatable bonds is 41. The summed E-state index contributed by atoms with van der Waals surface area (Å²) in [4.78, 5) is 33.3. The van der Waals surface area contributed by atoms with E-state index in [0.717, 1.165) is 38.5 Å². The zero-order chi connectivity index (χ0) is 37.7. The summed E-state index contributed by atoms with van der Waals surface area (Å²) in [6.07, 6.45) is 36.0. The van der Waals surface area contributed by atoms with Crippen LogP contribution >= 0.6 is 7.82 Å². The van der Waals surface area contributed by atoms with E-state index in [4.69, 9.17) is 29.4 Å². The van der Waals surface area contributed by atoms with Crippen LogP contribution in [-0.2, 0) is 32.7 Å². The molecule has 0 aromatic heterocycles. The molecule has 3 atom stereocenters. The first kappa shape index (κ1) is 50.0. The lowest BCUT2D eigenvalue weighted by Gasteiger charge is -2.20. The maximum Gasteiger partial charge on any atom is 0.472 e. The number of carbonyl (C=O) groups excluding carboxylic acids is 1. The van der Waals surface area contributed by atoms with Gasteiger partial charge in [-0.3, -0.25) is 18.6 Å². The van der Waals surface area contributed by atoms with Gasteiger partial charge in [0.15, 0.2) is 0 Å². The van der Waals surface area contributed by atoms with Crippen LogP contribution in [0.4, 0.5) is 0 Å². The summed E-state index contributed by atoms with van der Waals surface area (Å²) in [7, 11) is -4.60. The Labute approximate surface area is 312 Å². The minimum absolute atomic E-state index is 0.0251. The molecule has 0 amide bonds. The van der Waals surface area contributed by atoms with E-state index in [1.54, 1.807) is 0 Å². The molecule has 4 N–H and O–H groups in total. The van der Waals surface area contributed by atoms with E-state index in [1.807, 2.05) is 0 Å². The molecule has 0 bridgehead atoms. The van der Waals surface area contributed by atoms with Crippen molar-refractivity contribution in [1.29, 1.82) is 0 Å². The van der Waals surface area contributed by atoms with Gasteiger partial charge in [-0.15, -0.1) is 0 Å². The number of esters is 1. The highest BCUT2D eigenvalue weighted by Gasteiger charge is 2.27. The SMILES string of the molecule is CCCCCCCCCCCCCCCCCCCCCCOCC(COP(=O)(O)OCC(N)C(=O)O)OC(=O)CCCCCCCCCCC. The van der Waals surface area contributed by atoms with Gasteiger partial charge < -0.3 is 25.2 Å². The van der Waals surface area contributed by atoms with Crippen molar-refractivity contribution in [2.75, 3.05) is 26.4 Å². The minimum Gasteiger partial charge on any atom is -0.480 e. The summed E-state index contributed by atoms with van der Waals surface area (Å²) in [5.74, 6) is -1.77. The summed E-state index contributed by atoms with van der Waals surface area (Å²) in [5, 5.41) is 8.87. The second-order valence-corrected chi connectivity index (χ2v) is 15.9. The van der Waals surface area contributed by atoms with Gasteiger partial charge in [-0.05, 0) is 12.8 Å². The molecule has 0 radical (unpaired) electrons. The van der Waals surface area contributed by atoms with Crippen molar-refractivity contribution in [3.05, 3.63) is 0 Å². The molecule has 0 saturated carbocycles. The van der Waals surface area contributed by atoms with Crippen LogP contribution in [0.5, 0.6) is 0 Å². The standard InChI is InChI=1S/C40H80NO9P/c1-3-5-7-9-11-13-14-15-16-17-18-19-20-21-22-23-25-27-29-31-33-47-34-37(35-48-51(45,46)49-36-38(41)40(43)44)50-39(42)32-30-28-26-24-12-10-8-6-4-2/h37-38H,3-36,41H2,1-2H3,(H,43,44)(H,45,46). The second kappa shape index (κ2) is 37.3. The molecule has 0 heterocycles. The van der Waals surface area contributed by atoms with Gasteiger partial charge in [0.25, 0.3) is 0 Å². The Morgan fingerprint density at radius 3 is 1.29 bits per heavy atom. The maximum atomic E-state index is 12.5. The zero-order valence-corrected chi connectivity index (χ0v) is 33.9. The monoisotopic (exact) mass is 750 g/mol. The lowest BCUT2D eigenvalue weighted by atomic mass is 10.0. The Balaban J connectivity index is 4.08. The molecular weight excluding hydrogens is 669 g/mol. The minimum atomic E-state index is -4.60. The van der Waals surface area contributed by atoms with Crippen molar-refractivity contribution in [2.24, 2.45) is 5.73 Å². The number of hydrogen-bond donors (Lipinski definition) is 3. The second-order valence-electron chi connectivity index (χ2n) is 14.5. The summed E-state index contributed by atoms with van der Waals surface area (Å²) in [6.45, 7) is 3.89. The molecule has 10 nitrogen and oxygen atoms in total. The van der Waals surface area contributed by atoms with Gasteiger partial charge in [0.1, 0.15) is 12.1 Å². The number of carboxylic acid groups (broad SMARTS) is 1. The van der Waals surface area contributed by atoms with Crippen LogP contribution in [0.2, 0.25) is 0 Å². The highest BCUT2D eigenvalue weighted by atomic mass is 31.2. The van der Waals surface area contributed by atoms with Crippen LogP contribution in [0.15, 0.2) is 0 Å². The molecule has 304 valence electrons. The smallest absolute Gasteiger partial charge is 0.472 e. The highest BCUT2D eigenvalue weighted by Crippen LogP contribution is 2.43. The fourth-order valence-corrected chi connectivity index (χ4v) is 6.85. The lowest BCUT2D eigenvalue weighted by Crippen LogP contribution is -2.34. The molecular formula is C40H80NO9P. The van der Waals surface area contributed by atoms with Crippen molar-refractivity contribution >= 4 is 19.8 Å². The Hall–Kier alpha value is -1.03. The summed E-state index contributed by atoms with van der Waals surface area (Å²) < 4.78 is 33.2. The molecule has 3 unspecified atom stereocenters. The van der Waals surface area contributed by atoms with Crippen LogP contribution < -0.4 is 5.73 Å². The highest BCUT2D eigenvalue weighted by molar-refractivity contribution is 7.47. The molecule has 51 heavy (non-hydrogen) atoms. The molecule has 0 aromatic carbocycles. The summed E-state index contributed by atoms with van der Waals surface area (Å²) in [6, 6.07) is -1.47. The van der Waals surface area contributed by atoms with E-state index in [0.29, 0.717) is 6.61 Å². The Morgan fingerprint density at radius 1 is 0.549 bits per heavy atom. The van der Waals surface area contributed by atoms with E-state index in [-0.39, 0.29) is 13.0 Å². The Morgan fingerprint density at radius 2 is 0.902 bits per heavy atom. The van der Waals surface area contributed by atoms with E-state index >= 15 is 0 Å². The Bertz CT molecular complexity index is 832. The van der Waals surface area contributed by atoms with E-state index < -0.39 is 45.1 Å². The van der Waals surface area contributed by atoms with Crippen molar-refractivity contribution in [2.45, 2.75) is 219 Å². The lowest BCUT2D eigenvalue weighted by molar-refractivity contribution is -0.154. The number of unbranched alkanes of at least 4 members (excludes halogenated alkanes) is 27. The number of hydrogen-bond acceptors (Lipinski definition) is 8. The van der Waals surface area contributed by atoms with Gasteiger partial charge in [-0.1, -0.05) is 187 Å². The number of carboxylic acids is 1. The number of phosphoric acid groups is 1. The largest absolute Gasteiger partial charge is 0.480 e. The zero-order valence-electron chi connectivity index (χ0n) is 33.0. The van der Waals surface area contributed by atoms with Crippen molar-refractivity contribution in [3.63, 3.8) is 0 Å². The first-order valence-electron chi connectivity index (χ1n) is 21.1. The number of aliphatic carboxylic acids is 1. The third-order valence-corrected chi connectivity index (χ3v) is 10.3. The predicted octanol–water partition coefficient (Wildman–Crippen LogP) is 11.2.